The van der Waals surface area contributed by atoms with Crippen molar-refractivity contribution in [2.24, 2.45) is 29.1 Å². The number of rotatable bonds is 17. The summed E-state index contributed by atoms with van der Waals surface area (Å²) in [4.78, 5) is 34.6. The fourth-order valence-corrected chi connectivity index (χ4v) is 9.00. The summed E-state index contributed by atoms with van der Waals surface area (Å²) in [6, 6.07) is 0. The summed E-state index contributed by atoms with van der Waals surface area (Å²) < 4.78 is 6.13. The Labute approximate surface area is 263 Å². The highest BCUT2D eigenvalue weighted by Gasteiger charge is 2.57. The van der Waals surface area contributed by atoms with E-state index in [-0.39, 0.29) is 17.5 Å². The standard InChI is InChI=1S/C28H44O3.C10H20O2/c1-3-4-5-6-7-8-9-10-27(30)31-26-16-15-25-24-13-11-20-19-21(29)12-14-22(20)23(24)17-18-28(25,26)2;1-2-3-4-5-6-7-8-9-10(11)12/h19,22-26H,3-18H2,1-2H3;2-9H2,1H3,(H,11,12)/t22-,23+,24+,25-,26-,28-;/m0./s1. The van der Waals surface area contributed by atoms with Gasteiger partial charge in [-0.2, -0.15) is 0 Å². The van der Waals surface area contributed by atoms with Crippen molar-refractivity contribution in [2.75, 3.05) is 0 Å². The average Bonchev–Trinajstić information content (AvgIpc) is 3.31. The van der Waals surface area contributed by atoms with Crippen LogP contribution in [0.2, 0.25) is 0 Å². The van der Waals surface area contributed by atoms with E-state index < -0.39 is 5.97 Å². The van der Waals surface area contributed by atoms with Gasteiger partial charge in [-0.05, 0) is 87.5 Å². The highest BCUT2D eigenvalue weighted by molar-refractivity contribution is 5.91. The van der Waals surface area contributed by atoms with Crippen LogP contribution in [0.25, 0.3) is 0 Å². The summed E-state index contributed by atoms with van der Waals surface area (Å²) in [5.74, 6) is 2.60. The molecule has 1 N–H and O–H groups in total. The predicted octanol–water partition coefficient (Wildman–Crippen LogP) is 10.4. The van der Waals surface area contributed by atoms with Crippen molar-refractivity contribution >= 4 is 17.7 Å². The molecule has 0 aliphatic heterocycles. The van der Waals surface area contributed by atoms with Gasteiger partial charge in [-0.25, -0.2) is 0 Å². The lowest BCUT2D eigenvalue weighted by Gasteiger charge is -2.53. The average molecular weight is 601 g/mol. The minimum absolute atomic E-state index is 0.0437. The molecule has 0 bridgehead atoms. The number of ketones is 1. The molecule has 0 aromatic rings. The summed E-state index contributed by atoms with van der Waals surface area (Å²) >= 11 is 0. The van der Waals surface area contributed by atoms with Crippen molar-refractivity contribution in [3.8, 4) is 0 Å². The number of carbonyl (C=O) groups is 3. The van der Waals surface area contributed by atoms with Crippen LogP contribution in [-0.2, 0) is 19.1 Å². The molecule has 3 saturated carbocycles. The lowest BCUT2D eigenvalue weighted by atomic mass is 9.52. The molecule has 0 aromatic heterocycles. The van der Waals surface area contributed by atoms with Crippen molar-refractivity contribution in [3.63, 3.8) is 0 Å². The molecule has 246 valence electrons. The van der Waals surface area contributed by atoms with Crippen LogP contribution in [-0.4, -0.2) is 28.9 Å². The molecule has 0 saturated heterocycles. The van der Waals surface area contributed by atoms with Crippen molar-refractivity contribution in [1.82, 2.24) is 0 Å². The van der Waals surface area contributed by atoms with Crippen molar-refractivity contribution in [2.45, 2.75) is 181 Å². The first-order chi connectivity index (χ1) is 20.8. The fraction of sp³-hybridized carbons (Fsp3) is 0.868. The van der Waals surface area contributed by atoms with Gasteiger partial charge in [-0.15, -0.1) is 0 Å². The molecule has 0 unspecified atom stereocenters. The van der Waals surface area contributed by atoms with E-state index in [0.29, 0.717) is 30.5 Å². The van der Waals surface area contributed by atoms with Crippen molar-refractivity contribution in [1.29, 1.82) is 0 Å². The number of carboxylic acid groups (broad SMARTS) is 1. The fourth-order valence-electron chi connectivity index (χ4n) is 9.00. The number of ether oxygens (including phenoxy) is 1. The zero-order valence-corrected chi connectivity index (χ0v) is 28.0. The van der Waals surface area contributed by atoms with Crippen LogP contribution in [0.15, 0.2) is 11.6 Å². The monoisotopic (exact) mass is 600 g/mol. The van der Waals surface area contributed by atoms with E-state index in [9.17, 15) is 14.4 Å². The number of aliphatic carboxylic acids is 1. The third-order valence-electron chi connectivity index (χ3n) is 11.5. The second-order valence-electron chi connectivity index (χ2n) is 14.5. The van der Waals surface area contributed by atoms with Crippen LogP contribution < -0.4 is 0 Å². The Morgan fingerprint density at radius 3 is 2.00 bits per heavy atom. The van der Waals surface area contributed by atoms with Gasteiger partial charge >= 0.3 is 11.9 Å². The molecule has 0 heterocycles. The van der Waals surface area contributed by atoms with Gasteiger partial charge in [0.2, 0.25) is 0 Å². The number of hydrogen-bond donors (Lipinski definition) is 1. The quantitative estimate of drug-likeness (QED) is 0.133. The zero-order valence-electron chi connectivity index (χ0n) is 28.0. The first-order valence-electron chi connectivity index (χ1n) is 18.4. The van der Waals surface area contributed by atoms with Gasteiger partial charge in [0.15, 0.2) is 5.78 Å². The van der Waals surface area contributed by atoms with E-state index in [1.807, 2.05) is 6.08 Å². The van der Waals surface area contributed by atoms with Gasteiger partial charge in [0, 0.05) is 24.7 Å². The number of hydrogen-bond acceptors (Lipinski definition) is 4. The first-order valence-corrected chi connectivity index (χ1v) is 18.4. The molecule has 4 aliphatic carbocycles. The van der Waals surface area contributed by atoms with Crippen molar-refractivity contribution < 1.29 is 24.2 Å². The number of unbranched alkanes of at least 4 members (excludes halogenated alkanes) is 12. The molecule has 0 amide bonds. The summed E-state index contributed by atoms with van der Waals surface area (Å²) in [6.07, 6.45) is 28.9. The number of esters is 1. The molecule has 0 radical (unpaired) electrons. The Balaban J connectivity index is 0.000000359. The number of allylic oxidation sites excluding steroid dienone is 1. The second-order valence-corrected chi connectivity index (χ2v) is 14.5. The molecular weight excluding hydrogens is 536 g/mol. The predicted molar refractivity (Wildman–Crippen MR) is 175 cm³/mol. The van der Waals surface area contributed by atoms with Gasteiger partial charge < -0.3 is 9.84 Å². The molecule has 5 nitrogen and oxygen atoms in total. The third-order valence-corrected chi connectivity index (χ3v) is 11.5. The lowest BCUT2D eigenvalue weighted by Crippen LogP contribution is -2.48. The molecule has 4 rings (SSSR count). The number of fused-ring (bicyclic) bond motifs is 5. The molecule has 4 aliphatic rings. The molecule has 0 aromatic carbocycles. The number of carboxylic acids is 1. The minimum Gasteiger partial charge on any atom is -0.481 e. The normalized spacial score (nSPS) is 29.4. The van der Waals surface area contributed by atoms with E-state index in [0.717, 1.165) is 63.2 Å². The van der Waals surface area contributed by atoms with Gasteiger partial charge in [-0.3, -0.25) is 14.4 Å². The van der Waals surface area contributed by atoms with E-state index in [4.69, 9.17) is 9.84 Å². The molecule has 6 atom stereocenters. The SMILES string of the molecule is CCCCCCCCCC(=O)O.CCCCCCCCCC(=O)O[C@H]1CC[C@H]2[C@@H]3CCC4=CC(=O)CC[C@@H]4[C@H]3CC[C@]12C. The van der Waals surface area contributed by atoms with Gasteiger partial charge in [0.05, 0.1) is 0 Å². The molecule has 5 heteroatoms. The Hall–Kier alpha value is -1.65. The van der Waals surface area contributed by atoms with Crippen LogP contribution in [0.1, 0.15) is 175 Å². The van der Waals surface area contributed by atoms with Crippen LogP contribution in [0.3, 0.4) is 0 Å². The maximum Gasteiger partial charge on any atom is 0.306 e. The summed E-state index contributed by atoms with van der Waals surface area (Å²) in [7, 11) is 0. The van der Waals surface area contributed by atoms with Crippen LogP contribution >= 0.6 is 0 Å². The smallest absolute Gasteiger partial charge is 0.306 e. The van der Waals surface area contributed by atoms with E-state index in [2.05, 4.69) is 20.8 Å². The molecule has 0 spiro atoms. The van der Waals surface area contributed by atoms with Crippen LogP contribution in [0.5, 0.6) is 0 Å². The van der Waals surface area contributed by atoms with E-state index in [1.54, 1.807) is 0 Å². The van der Waals surface area contributed by atoms with Gasteiger partial charge in [0.1, 0.15) is 6.10 Å². The Kier molecular flexibility index (Phi) is 15.8. The van der Waals surface area contributed by atoms with E-state index in [1.165, 1.54) is 95.5 Å². The Morgan fingerprint density at radius 2 is 1.37 bits per heavy atom. The first kappa shape index (κ1) is 35.8. The van der Waals surface area contributed by atoms with Crippen molar-refractivity contribution in [3.05, 3.63) is 11.6 Å². The summed E-state index contributed by atoms with van der Waals surface area (Å²) in [5.41, 5.74) is 1.62. The minimum atomic E-state index is -0.663. The Morgan fingerprint density at radius 1 is 0.767 bits per heavy atom. The summed E-state index contributed by atoms with van der Waals surface area (Å²) in [5, 5.41) is 8.35. The maximum atomic E-state index is 12.6. The van der Waals surface area contributed by atoms with E-state index >= 15 is 0 Å². The second kappa shape index (κ2) is 19.0. The highest BCUT2D eigenvalue weighted by Crippen LogP contribution is 2.62. The van der Waals surface area contributed by atoms with Crippen LogP contribution in [0.4, 0.5) is 0 Å². The topological polar surface area (TPSA) is 80.7 Å². The summed E-state index contributed by atoms with van der Waals surface area (Å²) in [6.45, 7) is 6.87. The van der Waals surface area contributed by atoms with Crippen LogP contribution in [0, 0.1) is 29.1 Å². The van der Waals surface area contributed by atoms with Gasteiger partial charge in [0.25, 0.3) is 0 Å². The molecular formula is C38H64O5. The molecule has 3 fully saturated rings. The largest absolute Gasteiger partial charge is 0.481 e. The van der Waals surface area contributed by atoms with Gasteiger partial charge in [-0.1, -0.05) is 103 Å². The zero-order chi connectivity index (χ0) is 31.1. The Bertz CT molecular complexity index is 893. The molecule has 43 heavy (non-hydrogen) atoms. The highest BCUT2D eigenvalue weighted by atomic mass is 16.5. The third kappa shape index (κ3) is 11.0. The lowest BCUT2D eigenvalue weighted by molar-refractivity contribution is -0.159. The maximum absolute atomic E-state index is 12.6. The number of carbonyl (C=O) groups excluding carboxylic acids is 2.